The molecular weight excluding hydrogens is 312 g/mol. The molecule has 2 aliphatic rings. The second-order valence-electron chi connectivity index (χ2n) is 7.47. The maximum atomic E-state index is 13.1. The molecule has 1 saturated carbocycles. The molecule has 2 fully saturated rings. The zero-order valence-corrected chi connectivity index (χ0v) is 15.1. The number of hydrogen-bond donors (Lipinski definition) is 0. The standard InChI is InChI=1S/C20H28N4O/c1-16(24-15-21-18-9-4-5-10-19(18)24)20(25)23-12-6-11-22(13-14-23)17-7-2-3-8-17/h4-5,9-10,15-17H,2-3,6-8,11-14H2,1H3. The molecule has 1 amide bonds. The zero-order valence-electron chi connectivity index (χ0n) is 15.1. The average molecular weight is 340 g/mol. The molecule has 1 aliphatic heterocycles. The number of para-hydroxylation sites is 2. The third-order valence-electron chi connectivity index (χ3n) is 5.94. The predicted molar refractivity (Wildman–Crippen MR) is 99.5 cm³/mol. The Labute approximate surface area is 149 Å². The molecule has 1 unspecified atom stereocenters. The number of nitrogens with zero attached hydrogens (tertiary/aromatic N) is 4. The van der Waals surface area contributed by atoms with Gasteiger partial charge in [0.25, 0.3) is 0 Å². The molecule has 0 radical (unpaired) electrons. The van der Waals surface area contributed by atoms with Crippen LogP contribution < -0.4 is 0 Å². The van der Waals surface area contributed by atoms with Gasteiger partial charge in [-0.15, -0.1) is 0 Å². The molecular formula is C20H28N4O. The number of carbonyl (C=O) groups excluding carboxylic acids is 1. The van der Waals surface area contributed by atoms with Crippen molar-refractivity contribution in [2.24, 2.45) is 0 Å². The van der Waals surface area contributed by atoms with E-state index in [1.807, 2.05) is 35.8 Å². The summed E-state index contributed by atoms with van der Waals surface area (Å²) >= 11 is 0. The van der Waals surface area contributed by atoms with E-state index in [2.05, 4.69) is 14.8 Å². The highest BCUT2D eigenvalue weighted by Crippen LogP contribution is 2.25. The van der Waals surface area contributed by atoms with Gasteiger partial charge in [-0.1, -0.05) is 25.0 Å². The minimum Gasteiger partial charge on any atom is -0.340 e. The van der Waals surface area contributed by atoms with Crippen molar-refractivity contribution in [1.82, 2.24) is 19.4 Å². The van der Waals surface area contributed by atoms with Crippen LogP contribution in [0.3, 0.4) is 0 Å². The Hall–Kier alpha value is -1.88. The topological polar surface area (TPSA) is 41.4 Å². The normalized spacial score (nSPS) is 21.6. The van der Waals surface area contributed by atoms with Gasteiger partial charge in [0.05, 0.1) is 17.4 Å². The van der Waals surface area contributed by atoms with Gasteiger partial charge >= 0.3 is 0 Å². The van der Waals surface area contributed by atoms with E-state index in [-0.39, 0.29) is 11.9 Å². The van der Waals surface area contributed by atoms with Crippen LogP contribution in [-0.4, -0.2) is 57.5 Å². The van der Waals surface area contributed by atoms with Crippen molar-refractivity contribution in [2.45, 2.75) is 51.1 Å². The van der Waals surface area contributed by atoms with E-state index < -0.39 is 0 Å². The van der Waals surface area contributed by atoms with E-state index in [0.29, 0.717) is 0 Å². The van der Waals surface area contributed by atoms with Gasteiger partial charge in [0, 0.05) is 32.2 Å². The van der Waals surface area contributed by atoms with E-state index >= 15 is 0 Å². The molecule has 1 atom stereocenters. The van der Waals surface area contributed by atoms with Gasteiger partial charge in [0.1, 0.15) is 6.04 Å². The molecule has 2 aromatic rings. The molecule has 1 aliphatic carbocycles. The van der Waals surface area contributed by atoms with Crippen LogP contribution in [0.25, 0.3) is 11.0 Å². The van der Waals surface area contributed by atoms with Gasteiger partial charge in [0.2, 0.25) is 5.91 Å². The fourth-order valence-corrected chi connectivity index (χ4v) is 4.46. The number of rotatable bonds is 3. The first-order chi connectivity index (χ1) is 12.2. The second kappa shape index (κ2) is 7.16. The number of amides is 1. The van der Waals surface area contributed by atoms with Crippen LogP contribution in [0.4, 0.5) is 0 Å². The number of fused-ring (bicyclic) bond motifs is 1. The van der Waals surface area contributed by atoms with Crippen molar-refractivity contribution < 1.29 is 4.79 Å². The Balaban J connectivity index is 1.45. The Kier molecular flexibility index (Phi) is 4.75. The number of benzene rings is 1. The quantitative estimate of drug-likeness (QED) is 0.862. The van der Waals surface area contributed by atoms with E-state index in [0.717, 1.165) is 49.7 Å². The van der Waals surface area contributed by atoms with Gasteiger partial charge in [-0.05, 0) is 38.3 Å². The minimum absolute atomic E-state index is 0.203. The Morgan fingerprint density at radius 2 is 1.88 bits per heavy atom. The summed E-state index contributed by atoms with van der Waals surface area (Å²) in [5.74, 6) is 0.219. The molecule has 5 nitrogen and oxygen atoms in total. The zero-order chi connectivity index (χ0) is 17.2. The maximum absolute atomic E-state index is 13.1. The van der Waals surface area contributed by atoms with Gasteiger partial charge in [0.15, 0.2) is 0 Å². The third-order valence-corrected chi connectivity index (χ3v) is 5.94. The first-order valence-corrected chi connectivity index (χ1v) is 9.68. The van der Waals surface area contributed by atoms with Crippen LogP contribution in [0.1, 0.15) is 45.1 Å². The van der Waals surface area contributed by atoms with Crippen molar-refractivity contribution in [3.63, 3.8) is 0 Å². The van der Waals surface area contributed by atoms with Crippen LogP contribution in [-0.2, 0) is 4.79 Å². The van der Waals surface area contributed by atoms with Crippen LogP contribution in [0.5, 0.6) is 0 Å². The lowest BCUT2D eigenvalue weighted by Crippen LogP contribution is -2.40. The molecule has 1 aromatic carbocycles. The minimum atomic E-state index is -0.203. The fraction of sp³-hybridized carbons (Fsp3) is 0.600. The Bertz CT molecular complexity index is 734. The second-order valence-corrected chi connectivity index (χ2v) is 7.47. The number of aromatic nitrogens is 2. The van der Waals surface area contributed by atoms with Crippen molar-refractivity contribution in [2.75, 3.05) is 26.2 Å². The summed E-state index contributed by atoms with van der Waals surface area (Å²) in [4.78, 5) is 22.2. The lowest BCUT2D eigenvalue weighted by molar-refractivity contribution is -0.134. The molecule has 5 heteroatoms. The number of carbonyl (C=O) groups is 1. The SMILES string of the molecule is CC(C(=O)N1CCCN(C2CCCC2)CC1)n1cnc2ccccc21. The summed E-state index contributed by atoms with van der Waals surface area (Å²) in [5, 5.41) is 0. The monoisotopic (exact) mass is 340 g/mol. The van der Waals surface area contributed by atoms with Crippen molar-refractivity contribution in [1.29, 1.82) is 0 Å². The third kappa shape index (κ3) is 3.30. The van der Waals surface area contributed by atoms with Gasteiger partial charge in [-0.2, -0.15) is 0 Å². The molecule has 0 N–H and O–H groups in total. The van der Waals surface area contributed by atoms with Crippen LogP contribution in [0, 0.1) is 0 Å². The molecule has 25 heavy (non-hydrogen) atoms. The molecule has 4 rings (SSSR count). The van der Waals surface area contributed by atoms with E-state index in [1.54, 1.807) is 6.33 Å². The Morgan fingerprint density at radius 1 is 1.08 bits per heavy atom. The van der Waals surface area contributed by atoms with Crippen molar-refractivity contribution in [3.8, 4) is 0 Å². The molecule has 0 bridgehead atoms. The van der Waals surface area contributed by atoms with Gasteiger partial charge in [-0.25, -0.2) is 4.98 Å². The highest BCUT2D eigenvalue weighted by atomic mass is 16.2. The van der Waals surface area contributed by atoms with E-state index in [4.69, 9.17) is 0 Å². The van der Waals surface area contributed by atoms with Gasteiger partial charge in [-0.3, -0.25) is 9.69 Å². The van der Waals surface area contributed by atoms with Crippen LogP contribution in [0.2, 0.25) is 0 Å². The molecule has 0 spiro atoms. The van der Waals surface area contributed by atoms with Crippen molar-refractivity contribution >= 4 is 16.9 Å². The first-order valence-electron chi connectivity index (χ1n) is 9.68. The van der Waals surface area contributed by atoms with Crippen molar-refractivity contribution in [3.05, 3.63) is 30.6 Å². The fourth-order valence-electron chi connectivity index (χ4n) is 4.46. The molecule has 2 heterocycles. The Morgan fingerprint density at radius 3 is 2.72 bits per heavy atom. The molecule has 1 saturated heterocycles. The highest BCUT2D eigenvalue weighted by molar-refractivity contribution is 5.83. The predicted octanol–water partition coefficient (Wildman–Crippen LogP) is 3.07. The molecule has 134 valence electrons. The summed E-state index contributed by atoms with van der Waals surface area (Å²) in [5.41, 5.74) is 1.98. The number of imidazole rings is 1. The van der Waals surface area contributed by atoms with Crippen LogP contribution in [0.15, 0.2) is 30.6 Å². The van der Waals surface area contributed by atoms with Gasteiger partial charge < -0.3 is 9.47 Å². The summed E-state index contributed by atoms with van der Waals surface area (Å²) in [6.07, 6.45) is 8.30. The summed E-state index contributed by atoms with van der Waals surface area (Å²) in [6.45, 7) is 5.88. The molecule has 1 aromatic heterocycles. The van der Waals surface area contributed by atoms with E-state index in [9.17, 15) is 4.79 Å². The highest BCUT2D eigenvalue weighted by Gasteiger charge is 2.28. The van der Waals surface area contributed by atoms with Crippen LogP contribution >= 0.6 is 0 Å². The average Bonchev–Trinajstić information content (AvgIpc) is 3.26. The van der Waals surface area contributed by atoms with E-state index in [1.165, 1.54) is 25.7 Å². The smallest absolute Gasteiger partial charge is 0.245 e. The first kappa shape index (κ1) is 16.6. The summed E-state index contributed by atoms with van der Waals surface area (Å²) < 4.78 is 2.01. The number of hydrogen-bond acceptors (Lipinski definition) is 3. The summed E-state index contributed by atoms with van der Waals surface area (Å²) in [7, 11) is 0. The lowest BCUT2D eigenvalue weighted by Gasteiger charge is -2.28. The maximum Gasteiger partial charge on any atom is 0.245 e. The summed E-state index contributed by atoms with van der Waals surface area (Å²) in [6, 6.07) is 8.57. The largest absolute Gasteiger partial charge is 0.340 e. The lowest BCUT2D eigenvalue weighted by atomic mass is 10.2.